The van der Waals surface area contributed by atoms with Crippen molar-refractivity contribution in [1.29, 1.82) is 5.26 Å². The van der Waals surface area contributed by atoms with Gasteiger partial charge in [-0.1, -0.05) is 49.4 Å². The van der Waals surface area contributed by atoms with Crippen molar-refractivity contribution in [2.24, 2.45) is 5.92 Å². The van der Waals surface area contributed by atoms with Crippen LogP contribution in [0.25, 0.3) is 21.9 Å². The van der Waals surface area contributed by atoms with Gasteiger partial charge in [0.15, 0.2) is 5.82 Å². The van der Waals surface area contributed by atoms with Crippen LogP contribution in [0.3, 0.4) is 0 Å². The lowest BCUT2D eigenvalue weighted by molar-refractivity contribution is 0.509. The number of H-pyrrole nitrogens is 1. The van der Waals surface area contributed by atoms with Gasteiger partial charge in [0.2, 0.25) is 0 Å². The van der Waals surface area contributed by atoms with Gasteiger partial charge in [-0.15, -0.1) is 11.3 Å². The van der Waals surface area contributed by atoms with E-state index in [-0.39, 0.29) is 5.56 Å². The molecule has 1 aliphatic carbocycles. The average Bonchev–Trinajstić information content (AvgIpc) is 3.24. The van der Waals surface area contributed by atoms with Crippen LogP contribution in [0.15, 0.2) is 59.4 Å². The second-order valence-corrected chi connectivity index (χ2v) is 10.3. The van der Waals surface area contributed by atoms with E-state index in [0.717, 1.165) is 54.0 Å². The molecule has 0 bridgehead atoms. The lowest BCUT2D eigenvalue weighted by Gasteiger charge is -2.23. The standard InChI is InChI=1S/C29H28N4OS/c1-3-33(18-21-7-5-4-6-8-21)23-12-10-20(11-13-23)16-22(17-30)27-31-28(34)26-24-14-9-19(2)15-25(24)35-29(26)32-27/h4-8,10-13,16,19H,3,9,14-15,18H2,1-2H3,(H,31,32,34). The van der Waals surface area contributed by atoms with Gasteiger partial charge in [-0.25, -0.2) is 4.98 Å². The molecule has 0 spiro atoms. The Morgan fingerprint density at radius 1 is 1.23 bits per heavy atom. The average molecular weight is 481 g/mol. The van der Waals surface area contributed by atoms with Crippen LogP contribution in [-0.4, -0.2) is 16.5 Å². The second-order valence-electron chi connectivity index (χ2n) is 9.21. The molecule has 1 unspecified atom stereocenters. The predicted molar refractivity (Wildman–Crippen MR) is 145 cm³/mol. The van der Waals surface area contributed by atoms with Gasteiger partial charge in [-0.05, 0) is 67.0 Å². The highest BCUT2D eigenvalue weighted by atomic mass is 32.1. The van der Waals surface area contributed by atoms with E-state index in [1.54, 1.807) is 17.4 Å². The highest BCUT2D eigenvalue weighted by Crippen LogP contribution is 2.36. The zero-order valence-electron chi connectivity index (χ0n) is 20.0. The molecule has 0 saturated heterocycles. The molecule has 4 aromatic rings. The highest BCUT2D eigenvalue weighted by molar-refractivity contribution is 7.18. The summed E-state index contributed by atoms with van der Waals surface area (Å²) in [7, 11) is 0. The van der Waals surface area contributed by atoms with E-state index in [1.165, 1.54) is 10.4 Å². The molecule has 5 nitrogen and oxygen atoms in total. The third kappa shape index (κ3) is 4.78. The number of nitrogens with zero attached hydrogens (tertiary/aromatic N) is 3. The van der Waals surface area contributed by atoms with Crippen LogP contribution in [0, 0.1) is 17.2 Å². The smallest absolute Gasteiger partial charge is 0.260 e. The molecule has 2 heterocycles. The van der Waals surface area contributed by atoms with Gasteiger partial charge in [-0.3, -0.25) is 4.79 Å². The van der Waals surface area contributed by atoms with Crippen molar-refractivity contribution in [3.63, 3.8) is 0 Å². The molecule has 2 aromatic carbocycles. The number of benzene rings is 2. The topological polar surface area (TPSA) is 72.8 Å². The van der Waals surface area contributed by atoms with E-state index in [2.05, 4.69) is 66.2 Å². The summed E-state index contributed by atoms with van der Waals surface area (Å²) in [6.45, 7) is 6.12. The maximum atomic E-state index is 13.0. The fourth-order valence-electron chi connectivity index (χ4n) is 4.77. The first-order chi connectivity index (χ1) is 17.1. The van der Waals surface area contributed by atoms with Gasteiger partial charge in [0.05, 0.1) is 11.0 Å². The molecule has 0 fully saturated rings. The maximum Gasteiger partial charge on any atom is 0.260 e. The first kappa shape index (κ1) is 23.1. The Labute approximate surface area is 209 Å². The SMILES string of the molecule is CCN(Cc1ccccc1)c1ccc(C=C(C#N)c2nc3sc4c(c3c(=O)[nH]2)CCC(C)C4)cc1. The van der Waals surface area contributed by atoms with E-state index in [9.17, 15) is 10.1 Å². The largest absolute Gasteiger partial charge is 0.367 e. The molecular formula is C29H28N4OS. The number of rotatable bonds is 6. The minimum atomic E-state index is -0.145. The van der Waals surface area contributed by atoms with Gasteiger partial charge in [0.25, 0.3) is 5.56 Å². The molecule has 2 aromatic heterocycles. The number of anilines is 1. The number of aryl methyl sites for hydroxylation is 1. The second kappa shape index (κ2) is 9.89. The van der Waals surface area contributed by atoms with E-state index >= 15 is 0 Å². The summed E-state index contributed by atoms with van der Waals surface area (Å²) in [6.07, 6.45) is 4.81. The minimum absolute atomic E-state index is 0.145. The Bertz CT molecular complexity index is 1480. The lowest BCUT2D eigenvalue weighted by atomic mass is 9.89. The molecule has 5 rings (SSSR count). The van der Waals surface area contributed by atoms with Crippen molar-refractivity contribution in [3.05, 3.63) is 92.3 Å². The van der Waals surface area contributed by atoms with E-state index < -0.39 is 0 Å². The Morgan fingerprint density at radius 3 is 2.71 bits per heavy atom. The van der Waals surface area contributed by atoms with Crippen molar-refractivity contribution in [2.75, 3.05) is 11.4 Å². The van der Waals surface area contributed by atoms with Crippen molar-refractivity contribution in [3.8, 4) is 6.07 Å². The normalized spacial score (nSPS) is 15.6. The number of nitriles is 1. The summed E-state index contributed by atoms with van der Waals surface area (Å²) < 4.78 is 0. The molecule has 176 valence electrons. The third-order valence-corrected chi connectivity index (χ3v) is 7.86. The van der Waals surface area contributed by atoms with Crippen molar-refractivity contribution in [2.45, 2.75) is 39.7 Å². The summed E-state index contributed by atoms with van der Waals surface area (Å²) in [6, 6.07) is 20.8. The summed E-state index contributed by atoms with van der Waals surface area (Å²) in [4.78, 5) is 24.8. The number of aromatic nitrogens is 2. The van der Waals surface area contributed by atoms with Crippen LogP contribution < -0.4 is 10.5 Å². The van der Waals surface area contributed by atoms with E-state index in [1.807, 2.05) is 18.2 Å². The number of hydrogen-bond donors (Lipinski definition) is 1. The summed E-state index contributed by atoms with van der Waals surface area (Å²) in [5.74, 6) is 0.961. The number of thiophene rings is 1. The third-order valence-electron chi connectivity index (χ3n) is 6.71. The number of fused-ring (bicyclic) bond motifs is 3. The van der Waals surface area contributed by atoms with Crippen LogP contribution >= 0.6 is 11.3 Å². The van der Waals surface area contributed by atoms with Crippen molar-refractivity contribution < 1.29 is 0 Å². The van der Waals surface area contributed by atoms with E-state index in [0.29, 0.717) is 22.7 Å². The number of aromatic amines is 1. The molecular weight excluding hydrogens is 452 g/mol. The lowest BCUT2D eigenvalue weighted by Crippen LogP contribution is -2.21. The fourth-order valence-corrected chi connectivity index (χ4v) is 6.15. The zero-order valence-corrected chi connectivity index (χ0v) is 20.9. The molecule has 0 amide bonds. The molecule has 1 atom stereocenters. The Morgan fingerprint density at radius 2 is 2.00 bits per heavy atom. The van der Waals surface area contributed by atoms with Crippen molar-refractivity contribution in [1.82, 2.24) is 9.97 Å². The van der Waals surface area contributed by atoms with Crippen LogP contribution in [-0.2, 0) is 19.4 Å². The molecule has 35 heavy (non-hydrogen) atoms. The first-order valence-corrected chi connectivity index (χ1v) is 12.9. The maximum absolute atomic E-state index is 13.0. The van der Waals surface area contributed by atoms with Crippen LogP contribution in [0.1, 0.15) is 47.7 Å². The Kier molecular flexibility index (Phi) is 6.52. The quantitative estimate of drug-likeness (QED) is 0.334. The van der Waals surface area contributed by atoms with Gasteiger partial charge < -0.3 is 9.88 Å². The predicted octanol–water partition coefficient (Wildman–Crippen LogP) is 6.20. The Hall–Kier alpha value is -3.69. The van der Waals surface area contributed by atoms with Gasteiger partial charge >= 0.3 is 0 Å². The number of nitrogens with one attached hydrogen (secondary N) is 1. The number of allylic oxidation sites excluding steroid dienone is 1. The summed E-state index contributed by atoms with van der Waals surface area (Å²) >= 11 is 1.60. The first-order valence-electron chi connectivity index (χ1n) is 12.1. The molecule has 1 aliphatic rings. The fraction of sp³-hybridized carbons (Fsp3) is 0.276. The van der Waals surface area contributed by atoms with Crippen LogP contribution in [0.4, 0.5) is 5.69 Å². The molecule has 0 aliphatic heterocycles. The van der Waals surface area contributed by atoms with Crippen LogP contribution in [0.5, 0.6) is 0 Å². The van der Waals surface area contributed by atoms with Gasteiger partial charge in [0, 0.05) is 23.7 Å². The van der Waals surface area contributed by atoms with Crippen molar-refractivity contribution >= 4 is 38.9 Å². The molecule has 1 N–H and O–H groups in total. The van der Waals surface area contributed by atoms with Crippen LogP contribution in [0.2, 0.25) is 0 Å². The zero-order chi connectivity index (χ0) is 24.4. The molecule has 0 saturated carbocycles. The molecule has 0 radical (unpaired) electrons. The van der Waals surface area contributed by atoms with Gasteiger partial charge in [0.1, 0.15) is 10.9 Å². The Balaban J connectivity index is 1.42. The number of hydrogen-bond acceptors (Lipinski definition) is 5. The monoisotopic (exact) mass is 480 g/mol. The summed E-state index contributed by atoms with van der Waals surface area (Å²) in [5, 5.41) is 10.6. The molecule has 6 heteroatoms. The van der Waals surface area contributed by atoms with E-state index in [4.69, 9.17) is 4.98 Å². The van der Waals surface area contributed by atoms with Gasteiger partial charge in [-0.2, -0.15) is 5.26 Å². The minimum Gasteiger partial charge on any atom is -0.367 e. The highest BCUT2D eigenvalue weighted by Gasteiger charge is 2.23. The summed E-state index contributed by atoms with van der Waals surface area (Å²) in [5.41, 5.74) is 4.64.